The zero-order chi connectivity index (χ0) is 16.3. The number of hydrogen-bond acceptors (Lipinski definition) is 2. The van der Waals surface area contributed by atoms with E-state index in [9.17, 15) is 4.79 Å². The van der Waals surface area contributed by atoms with E-state index in [-0.39, 0.29) is 17.6 Å². The Hall–Kier alpha value is -2.03. The standard InChI is InChI=1S/C19H25NO2/c1-14(2)22-18(21)20-12-6-7-17(20)16-10-8-15(9-11-16)13-19(3,4)5/h6,8-12,17H,1,7,13H2,2-5H3. The van der Waals surface area contributed by atoms with Crippen molar-refractivity contribution in [3.8, 4) is 0 Å². The molecule has 1 aliphatic rings. The van der Waals surface area contributed by atoms with Crippen molar-refractivity contribution < 1.29 is 9.53 Å². The Morgan fingerprint density at radius 3 is 2.50 bits per heavy atom. The summed E-state index contributed by atoms with van der Waals surface area (Å²) >= 11 is 0. The first-order valence-electron chi connectivity index (χ1n) is 7.67. The molecule has 1 aromatic carbocycles. The Balaban J connectivity index is 2.10. The topological polar surface area (TPSA) is 29.5 Å². The molecule has 0 spiro atoms. The predicted octanol–water partition coefficient (Wildman–Crippen LogP) is 5.21. The second-order valence-electron chi connectivity index (χ2n) is 7.09. The number of amides is 1. The van der Waals surface area contributed by atoms with Gasteiger partial charge in [-0.1, -0.05) is 57.7 Å². The van der Waals surface area contributed by atoms with Gasteiger partial charge in [0.2, 0.25) is 0 Å². The maximum absolute atomic E-state index is 12.1. The molecular weight excluding hydrogens is 274 g/mol. The molecule has 0 aliphatic carbocycles. The average molecular weight is 299 g/mol. The van der Waals surface area contributed by atoms with Crippen LogP contribution < -0.4 is 0 Å². The molecule has 1 amide bonds. The molecule has 0 aromatic heterocycles. The molecule has 2 rings (SSSR count). The number of nitrogens with zero attached hydrogens (tertiary/aromatic N) is 1. The lowest BCUT2D eigenvalue weighted by Gasteiger charge is -2.24. The van der Waals surface area contributed by atoms with Gasteiger partial charge in [0.15, 0.2) is 0 Å². The van der Waals surface area contributed by atoms with E-state index in [1.165, 1.54) is 5.56 Å². The first kappa shape index (κ1) is 16.3. The number of benzene rings is 1. The summed E-state index contributed by atoms with van der Waals surface area (Å²) in [6.45, 7) is 12.0. The highest BCUT2D eigenvalue weighted by molar-refractivity contribution is 5.71. The summed E-state index contributed by atoms with van der Waals surface area (Å²) in [5.74, 6) is 0.407. The lowest BCUT2D eigenvalue weighted by Crippen LogP contribution is -2.27. The molecule has 0 fully saturated rings. The molecule has 22 heavy (non-hydrogen) atoms. The van der Waals surface area contributed by atoms with E-state index in [1.54, 1.807) is 18.0 Å². The summed E-state index contributed by atoms with van der Waals surface area (Å²) in [6.07, 6.45) is 5.26. The first-order valence-corrected chi connectivity index (χ1v) is 7.67. The van der Waals surface area contributed by atoms with Gasteiger partial charge in [-0.05, 0) is 36.3 Å². The van der Waals surface area contributed by atoms with Crippen LogP contribution in [0.1, 0.15) is 51.3 Å². The van der Waals surface area contributed by atoms with Crippen LogP contribution in [0.5, 0.6) is 0 Å². The third-order valence-electron chi connectivity index (χ3n) is 3.53. The van der Waals surface area contributed by atoms with Crippen LogP contribution in [-0.2, 0) is 11.2 Å². The average Bonchev–Trinajstić information content (AvgIpc) is 2.86. The van der Waals surface area contributed by atoms with E-state index in [4.69, 9.17) is 4.74 Å². The molecule has 1 heterocycles. The second kappa shape index (κ2) is 6.39. The SMILES string of the molecule is C=C(C)OC(=O)N1C=CCC1c1ccc(CC(C)(C)C)cc1. The van der Waals surface area contributed by atoms with E-state index in [1.807, 2.05) is 6.08 Å². The van der Waals surface area contributed by atoms with Crippen molar-refractivity contribution in [2.75, 3.05) is 0 Å². The van der Waals surface area contributed by atoms with Crippen molar-refractivity contribution in [1.29, 1.82) is 0 Å². The molecule has 0 N–H and O–H groups in total. The number of carbonyl (C=O) groups excluding carboxylic acids is 1. The highest BCUT2D eigenvalue weighted by atomic mass is 16.6. The van der Waals surface area contributed by atoms with Crippen LogP contribution >= 0.6 is 0 Å². The van der Waals surface area contributed by atoms with Crippen molar-refractivity contribution in [2.45, 2.75) is 46.6 Å². The molecule has 1 atom stereocenters. The Morgan fingerprint density at radius 1 is 1.32 bits per heavy atom. The Morgan fingerprint density at radius 2 is 1.95 bits per heavy atom. The number of allylic oxidation sites excluding steroid dienone is 1. The molecule has 0 radical (unpaired) electrons. The third-order valence-corrected chi connectivity index (χ3v) is 3.53. The van der Waals surface area contributed by atoms with E-state index in [0.717, 1.165) is 18.4 Å². The highest BCUT2D eigenvalue weighted by Gasteiger charge is 2.27. The molecule has 3 heteroatoms. The fourth-order valence-electron chi connectivity index (χ4n) is 2.68. The highest BCUT2D eigenvalue weighted by Crippen LogP contribution is 2.31. The third kappa shape index (κ3) is 4.23. The molecular formula is C19H25NO2. The van der Waals surface area contributed by atoms with Gasteiger partial charge < -0.3 is 4.74 Å². The lowest BCUT2D eigenvalue weighted by molar-refractivity contribution is 0.136. The summed E-state index contributed by atoms with van der Waals surface area (Å²) in [5, 5.41) is 0. The summed E-state index contributed by atoms with van der Waals surface area (Å²) in [6, 6.07) is 8.54. The molecule has 0 bridgehead atoms. The number of hydrogen-bond donors (Lipinski definition) is 0. The zero-order valence-corrected chi connectivity index (χ0v) is 13.9. The van der Waals surface area contributed by atoms with E-state index < -0.39 is 0 Å². The Labute approximate surface area is 133 Å². The van der Waals surface area contributed by atoms with Crippen LogP contribution in [0.25, 0.3) is 0 Å². The van der Waals surface area contributed by atoms with Crippen LogP contribution in [-0.4, -0.2) is 11.0 Å². The molecule has 0 saturated heterocycles. The summed E-state index contributed by atoms with van der Waals surface area (Å²) in [5.41, 5.74) is 2.72. The summed E-state index contributed by atoms with van der Waals surface area (Å²) < 4.78 is 5.12. The van der Waals surface area contributed by atoms with Crippen LogP contribution in [0, 0.1) is 5.41 Å². The maximum atomic E-state index is 12.1. The minimum Gasteiger partial charge on any atom is -0.415 e. The van der Waals surface area contributed by atoms with Gasteiger partial charge in [0, 0.05) is 6.20 Å². The Bertz CT molecular complexity index is 578. The quantitative estimate of drug-likeness (QED) is 0.717. The Kier molecular flexibility index (Phi) is 4.74. The van der Waals surface area contributed by atoms with Crippen molar-refractivity contribution >= 4 is 6.09 Å². The minimum atomic E-state index is -0.370. The zero-order valence-electron chi connectivity index (χ0n) is 13.9. The maximum Gasteiger partial charge on any atom is 0.419 e. The second-order valence-corrected chi connectivity index (χ2v) is 7.09. The van der Waals surface area contributed by atoms with Gasteiger partial charge in [-0.25, -0.2) is 4.79 Å². The molecule has 3 nitrogen and oxygen atoms in total. The first-order chi connectivity index (χ1) is 10.3. The smallest absolute Gasteiger partial charge is 0.415 e. The summed E-state index contributed by atoms with van der Waals surface area (Å²) in [7, 11) is 0. The largest absolute Gasteiger partial charge is 0.419 e. The van der Waals surface area contributed by atoms with Crippen molar-refractivity contribution in [3.05, 3.63) is 60.0 Å². The van der Waals surface area contributed by atoms with Gasteiger partial charge in [0.1, 0.15) is 0 Å². The monoisotopic (exact) mass is 299 g/mol. The van der Waals surface area contributed by atoms with Crippen LogP contribution in [0.3, 0.4) is 0 Å². The lowest BCUT2D eigenvalue weighted by atomic mass is 9.87. The van der Waals surface area contributed by atoms with Gasteiger partial charge in [0.25, 0.3) is 0 Å². The van der Waals surface area contributed by atoms with Crippen LogP contribution in [0.15, 0.2) is 48.9 Å². The molecule has 1 aromatic rings. The van der Waals surface area contributed by atoms with Gasteiger partial charge in [-0.15, -0.1) is 0 Å². The molecule has 1 unspecified atom stereocenters. The van der Waals surface area contributed by atoms with Crippen LogP contribution in [0.2, 0.25) is 0 Å². The molecule has 118 valence electrons. The molecule has 0 saturated carbocycles. The normalized spacial score (nSPS) is 17.6. The van der Waals surface area contributed by atoms with Gasteiger partial charge in [0.05, 0.1) is 11.8 Å². The molecule has 1 aliphatic heterocycles. The van der Waals surface area contributed by atoms with E-state index in [2.05, 4.69) is 51.6 Å². The minimum absolute atomic E-state index is 0.00976. The predicted molar refractivity (Wildman–Crippen MR) is 89.2 cm³/mol. The van der Waals surface area contributed by atoms with Crippen molar-refractivity contribution in [3.63, 3.8) is 0 Å². The van der Waals surface area contributed by atoms with Crippen molar-refractivity contribution in [1.82, 2.24) is 4.90 Å². The summed E-state index contributed by atoms with van der Waals surface area (Å²) in [4.78, 5) is 13.7. The number of carbonyl (C=O) groups is 1. The number of ether oxygens (including phenoxy) is 1. The van der Waals surface area contributed by atoms with E-state index >= 15 is 0 Å². The van der Waals surface area contributed by atoms with Gasteiger partial charge in [-0.3, -0.25) is 4.90 Å². The number of rotatable bonds is 3. The van der Waals surface area contributed by atoms with Gasteiger partial charge in [-0.2, -0.15) is 0 Å². The van der Waals surface area contributed by atoms with Crippen molar-refractivity contribution in [2.24, 2.45) is 5.41 Å². The van der Waals surface area contributed by atoms with Crippen LogP contribution in [0.4, 0.5) is 4.79 Å². The fourth-order valence-corrected chi connectivity index (χ4v) is 2.68. The fraction of sp³-hybridized carbons (Fsp3) is 0.421. The van der Waals surface area contributed by atoms with Gasteiger partial charge >= 0.3 is 6.09 Å². The van der Waals surface area contributed by atoms with E-state index in [0.29, 0.717) is 5.76 Å².